The molecule has 0 saturated carbocycles. The SMILES string of the molecule is CC1CCN(C)CC1.CN1CCC(O)(C(F)(F)F)CC1.CN1CCCC(C)(C)C1.CN1CCCC(O)(C(F)(F)F)C1.CN1CCCCC1c1cccnc1.CN1CCc2ccccc2C1.Cc1ccccc1[C@@H]1CCN(C)C1. The predicted molar refractivity (Wildman–Crippen MR) is 308 cm³/mol. The minimum atomic E-state index is -4.50. The molecule has 78 heavy (non-hydrogen) atoms. The van der Waals surface area contributed by atoms with Crippen molar-refractivity contribution >= 4 is 0 Å². The molecule has 8 heterocycles. The standard InChI is InChI=1S/C12H17N.C11H16N2.C10H13N.C8H17N.2C7H12F3NO.C7H15N/c1-10-5-3-4-6-12(10)11-7-8-13(2)9-11;1-13-8-3-2-6-11(13)10-5-4-7-12-9-10;1-11-7-6-9-4-2-3-5-10(9)8-11;1-8(2)5-4-6-9(3)7-8;1-11-4-2-6(12,3-5-11)7(8,9)10;1-11-4-2-3-6(12,5-11)7(8,9)10;1-7-3-5-8(2)6-4-7/h3-6,11H,7-9H2,1-2H3;4-5,7,9,11H,2-3,6,8H2,1H3;2-5H,6-8H2,1H3;4-7H2,1-3H3;2*12H,2-5H2,1H3;7H,3-6H2,1-2H3/t11-;;;;;;/m1....../s1. The van der Waals surface area contributed by atoms with Crippen LogP contribution in [0.3, 0.4) is 0 Å². The number of fused-ring (bicyclic) bond motifs is 1. The smallest absolute Gasteiger partial charge is 0.380 e. The first-order valence-electron chi connectivity index (χ1n) is 29.0. The van der Waals surface area contributed by atoms with Crippen molar-refractivity contribution in [2.45, 2.75) is 153 Å². The number of alkyl halides is 6. The number of likely N-dealkylation sites (N-methyl/N-ethyl adjacent to an activating group) is 3. The van der Waals surface area contributed by atoms with Gasteiger partial charge in [0.1, 0.15) is 0 Å². The summed E-state index contributed by atoms with van der Waals surface area (Å²) in [7, 11) is 14.3. The van der Waals surface area contributed by atoms with Gasteiger partial charge >= 0.3 is 12.4 Å². The summed E-state index contributed by atoms with van der Waals surface area (Å²) in [5, 5.41) is 18.4. The van der Waals surface area contributed by atoms with Crippen LogP contribution in [-0.4, -0.2) is 201 Å². The first-order valence-corrected chi connectivity index (χ1v) is 29.0. The summed E-state index contributed by atoms with van der Waals surface area (Å²) in [6.45, 7) is 21.4. The van der Waals surface area contributed by atoms with E-state index in [9.17, 15) is 36.6 Å². The molecular formula is C62H102F6N8O2. The van der Waals surface area contributed by atoms with E-state index in [4.69, 9.17) is 0 Å². The van der Waals surface area contributed by atoms with Crippen molar-refractivity contribution in [2.75, 3.05) is 128 Å². The summed E-state index contributed by atoms with van der Waals surface area (Å²) < 4.78 is 73.2. The molecule has 10 nitrogen and oxygen atoms in total. The van der Waals surface area contributed by atoms with E-state index in [-0.39, 0.29) is 25.8 Å². The fraction of sp³-hybridized carbons (Fsp3) is 0.726. The van der Waals surface area contributed by atoms with E-state index in [1.165, 1.54) is 137 Å². The van der Waals surface area contributed by atoms with Crippen LogP contribution in [-0.2, 0) is 13.0 Å². The van der Waals surface area contributed by atoms with Gasteiger partial charge in [0.05, 0.1) is 0 Å². The molecule has 0 amide bonds. The molecule has 0 spiro atoms. The Morgan fingerprint density at radius 1 is 0.538 bits per heavy atom. The zero-order valence-electron chi connectivity index (χ0n) is 49.8. The number of likely N-dealkylation sites (tertiary alicyclic amines) is 6. The quantitative estimate of drug-likeness (QED) is 0.242. The third-order valence-corrected chi connectivity index (χ3v) is 16.8. The molecule has 444 valence electrons. The lowest BCUT2D eigenvalue weighted by atomic mass is 9.84. The minimum absolute atomic E-state index is 0.180. The molecule has 2 N–H and O–H groups in total. The number of hydrogen-bond donors (Lipinski definition) is 2. The Morgan fingerprint density at radius 2 is 1.12 bits per heavy atom. The Bertz CT molecular complexity index is 2110. The second kappa shape index (κ2) is 31.9. The van der Waals surface area contributed by atoms with Crippen molar-refractivity contribution in [3.8, 4) is 0 Å². The number of halogens is 6. The molecular weight excluding hydrogens is 1000 g/mol. The van der Waals surface area contributed by atoms with E-state index < -0.39 is 23.6 Å². The van der Waals surface area contributed by atoms with Gasteiger partial charge in [-0.05, 0) is 224 Å². The van der Waals surface area contributed by atoms with E-state index in [0.717, 1.165) is 18.4 Å². The van der Waals surface area contributed by atoms with Crippen molar-refractivity contribution < 1.29 is 36.6 Å². The number of hydrogen-bond acceptors (Lipinski definition) is 10. The van der Waals surface area contributed by atoms with E-state index in [2.05, 4.69) is 147 Å². The van der Waals surface area contributed by atoms with Crippen molar-refractivity contribution in [2.24, 2.45) is 11.3 Å². The molecule has 2 unspecified atom stereocenters. The zero-order valence-corrected chi connectivity index (χ0v) is 49.8. The van der Waals surface area contributed by atoms with Crippen LogP contribution in [0.5, 0.6) is 0 Å². The second-order valence-electron chi connectivity index (χ2n) is 24.8. The number of pyridine rings is 1. The fourth-order valence-corrected chi connectivity index (χ4v) is 11.5. The highest BCUT2D eigenvalue weighted by atomic mass is 19.4. The Kier molecular flexibility index (Phi) is 27.5. The van der Waals surface area contributed by atoms with Gasteiger partial charge in [0.2, 0.25) is 0 Å². The average Bonchev–Trinajstić information content (AvgIpc) is 3.83. The third kappa shape index (κ3) is 23.0. The molecule has 6 fully saturated rings. The van der Waals surface area contributed by atoms with E-state index >= 15 is 0 Å². The van der Waals surface area contributed by atoms with Crippen molar-refractivity contribution in [3.05, 3.63) is 101 Å². The summed E-state index contributed by atoms with van der Waals surface area (Å²) in [5.41, 5.74) is 3.04. The lowest BCUT2D eigenvalue weighted by Crippen LogP contribution is -2.55. The fourth-order valence-electron chi connectivity index (χ4n) is 11.5. The normalized spacial score (nSPS) is 25.7. The lowest BCUT2D eigenvalue weighted by Gasteiger charge is -2.38. The highest BCUT2D eigenvalue weighted by Crippen LogP contribution is 2.39. The van der Waals surface area contributed by atoms with Crippen LogP contribution < -0.4 is 0 Å². The van der Waals surface area contributed by atoms with Crippen LogP contribution in [0.4, 0.5) is 26.3 Å². The Balaban J connectivity index is 0.000000197. The Morgan fingerprint density at radius 3 is 1.62 bits per heavy atom. The van der Waals surface area contributed by atoms with Crippen molar-refractivity contribution in [1.29, 1.82) is 0 Å². The number of benzene rings is 2. The Hall–Kier alpha value is -3.19. The van der Waals surface area contributed by atoms with Crippen LogP contribution in [0.15, 0.2) is 73.1 Å². The van der Waals surface area contributed by atoms with E-state index in [1.54, 1.807) is 24.6 Å². The summed E-state index contributed by atoms with van der Waals surface area (Å²) in [5.74, 6) is 1.75. The van der Waals surface area contributed by atoms with Crippen LogP contribution in [0, 0.1) is 18.3 Å². The predicted octanol–water partition coefficient (Wildman–Crippen LogP) is 11.4. The molecule has 6 saturated heterocycles. The minimum Gasteiger partial charge on any atom is -0.380 e. The van der Waals surface area contributed by atoms with E-state index in [1.807, 2.05) is 18.5 Å². The lowest BCUT2D eigenvalue weighted by molar-refractivity contribution is -0.272. The van der Waals surface area contributed by atoms with Gasteiger partial charge in [-0.15, -0.1) is 0 Å². The van der Waals surface area contributed by atoms with Gasteiger partial charge in [-0.2, -0.15) is 26.3 Å². The molecule has 0 radical (unpaired) electrons. The van der Waals surface area contributed by atoms with Gasteiger partial charge in [0.25, 0.3) is 0 Å². The highest BCUT2D eigenvalue weighted by molar-refractivity contribution is 5.30. The maximum atomic E-state index is 12.2. The molecule has 7 aliphatic heterocycles. The van der Waals surface area contributed by atoms with Gasteiger partial charge in [-0.3, -0.25) is 9.88 Å². The first kappa shape index (κ1) is 67.3. The molecule has 0 aliphatic carbocycles. The molecule has 10 rings (SSSR count). The number of aryl methyl sites for hydroxylation is 1. The van der Waals surface area contributed by atoms with Crippen molar-refractivity contribution in [1.82, 2.24) is 39.3 Å². The van der Waals surface area contributed by atoms with Gasteiger partial charge in [-0.25, -0.2) is 0 Å². The van der Waals surface area contributed by atoms with Crippen LogP contribution in [0.25, 0.3) is 0 Å². The number of β-amino-alcohol motifs (C(OH)–C–C–N with tert-alkyl or cyclic N) is 1. The number of piperidine rings is 5. The van der Waals surface area contributed by atoms with Crippen LogP contribution in [0.2, 0.25) is 0 Å². The van der Waals surface area contributed by atoms with Gasteiger partial charge in [0.15, 0.2) is 11.2 Å². The number of aromatic nitrogens is 1. The maximum Gasteiger partial charge on any atom is 0.418 e. The molecule has 2 aromatic carbocycles. The maximum absolute atomic E-state index is 12.2. The number of aliphatic hydroxyl groups is 2. The van der Waals surface area contributed by atoms with Crippen LogP contribution >= 0.6 is 0 Å². The summed E-state index contributed by atoms with van der Waals surface area (Å²) >= 11 is 0. The zero-order chi connectivity index (χ0) is 57.7. The second-order valence-corrected chi connectivity index (χ2v) is 24.8. The molecule has 16 heteroatoms. The summed E-state index contributed by atoms with van der Waals surface area (Å²) in [4.78, 5) is 19.5. The molecule has 7 aliphatic rings. The summed E-state index contributed by atoms with van der Waals surface area (Å²) in [6.07, 6.45) is 6.73. The molecule has 3 atom stereocenters. The first-order chi connectivity index (χ1) is 36.6. The van der Waals surface area contributed by atoms with Crippen molar-refractivity contribution in [3.63, 3.8) is 0 Å². The monoisotopic (exact) mass is 1100 g/mol. The van der Waals surface area contributed by atoms with Crippen LogP contribution in [0.1, 0.15) is 138 Å². The largest absolute Gasteiger partial charge is 0.418 e. The summed E-state index contributed by atoms with van der Waals surface area (Å²) in [6, 6.07) is 22.3. The molecule has 3 aromatic rings. The highest BCUT2D eigenvalue weighted by Gasteiger charge is 2.55. The average molecular weight is 1110 g/mol. The van der Waals surface area contributed by atoms with Gasteiger partial charge in [-0.1, -0.05) is 81.8 Å². The molecule has 1 aromatic heterocycles. The topological polar surface area (TPSA) is 76.0 Å². The third-order valence-electron chi connectivity index (χ3n) is 16.8. The number of nitrogens with zero attached hydrogens (tertiary/aromatic N) is 8. The Labute approximate surface area is 467 Å². The van der Waals surface area contributed by atoms with E-state index in [0.29, 0.717) is 37.5 Å². The van der Waals surface area contributed by atoms with Gasteiger partial charge < -0.3 is 39.6 Å². The molecule has 0 bridgehead atoms. The van der Waals surface area contributed by atoms with Gasteiger partial charge in [0, 0.05) is 64.2 Å². The number of rotatable bonds is 2.